The lowest BCUT2D eigenvalue weighted by atomic mass is 10.1. The van der Waals surface area contributed by atoms with Gasteiger partial charge in [0, 0.05) is 7.05 Å². The molecule has 4 nitrogen and oxygen atoms in total. The number of hydrogen-bond donors (Lipinski definition) is 1. The fraction of sp³-hybridized carbons (Fsp3) is 0.462. The van der Waals surface area contributed by atoms with Crippen LogP contribution in [0, 0.1) is 0 Å². The van der Waals surface area contributed by atoms with Crippen LogP contribution in [0.3, 0.4) is 0 Å². The molecule has 0 aliphatic heterocycles. The van der Waals surface area contributed by atoms with Crippen LogP contribution in [0.5, 0.6) is 5.75 Å². The summed E-state index contributed by atoms with van der Waals surface area (Å²) in [6.07, 6.45) is 3.85. The van der Waals surface area contributed by atoms with Gasteiger partial charge in [0.15, 0.2) is 0 Å². The summed E-state index contributed by atoms with van der Waals surface area (Å²) in [6.45, 7) is 0.374. The second kappa shape index (κ2) is 5.19. The normalized spacial score (nSPS) is 13.3. The molecule has 0 saturated heterocycles. The van der Waals surface area contributed by atoms with Crippen molar-refractivity contribution in [3.63, 3.8) is 0 Å². The zero-order chi connectivity index (χ0) is 12.3. The van der Waals surface area contributed by atoms with Gasteiger partial charge in [-0.2, -0.15) is 0 Å². The largest absolute Gasteiger partial charge is 0.493 e. The number of carbonyl (C=O) groups is 1. The van der Waals surface area contributed by atoms with Crippen molar-refractivity contribution in [2.75, 3.05) is 13.7 Å². The minimum absolute atomic E-state index is 0.119. The van der Waals surface area contributed by atoms with E-state index in [1.54, 1.807) is 0 Å². The Hall–Kier alpha value is -1.55. The number of nitrogens with two attached hydrogens (primary N) is 1. The van der Waals surface area contributed by atoms with Gasteiger partial charge >= 0.3 is 0 Å². The minimum atomic E-state index is -0.119. The first kappa shape index (κ1) is 11.9. The van der Waals surface area contributed by atoms with Gasteiger partial charge in [0.1, 0.15) is 5.75 Å². The Bertz CT molecular complexity index is 416. The van der Waals surface area contributed by atoms with Crippen LogP contribution in [0.1, 0.15) is 24.0 Å². The first-order valence-corrected chi connectivity index (χ1v) is 5.92. The average Bonchev–Trinajstić information content (AvgIpc) is 2.75. The van der Waals surface area contributed by atoms with E-state index in [2.05, 4.69) is 12.1 Å². The molecule has 0 aromatic heterocycles. The molecule has 0 radical (unpaired) electrons. The standard InChI is InChI=1S/C13H18N2O2/c1-15(14)13(16)7-8-17-12-6-5-10-3-2-4-11(10)9-12/h5-6,9H,2-4,7-8,14H2,1H3. The van der Waals surface area contributed by atoms with Crippen LogP contribution in [0.15, 0.2) is 18.2 Å². The highest BCUT2D eigenvalue weighted by Gasteiger charge is 2.11. The fourth-order valence-corrected chi connectivity index (χ4v) is 2.07. The van der Waals surface area contributed by atoms with Crippen LogP contribution in [0.25, 0.3) is 0 Å². The molecule has 0 fully saturated rings. The van der Waals surface area contributed by atoms with Crippen LogP contribution >= 0.6 is 0 Å². The summed E-state index contributed by atoms with van der Waals surface area (Å²) in [7, 11) is 1.54. The van der Waals surface area contributed by atoms with Crippen molar-refractivity contribution in [2.24, 2.45) is 5.84 Å². The number of hydrazine groups is 1. The third kappa shape index (κ3) is 2.97. The predicted molar refractivity (Wildman–Crippen MR) is 65.5 cm³/mol. The van der Waals surface area contributed by atoms with Crippen molar-refractivity contribution in [3.8, 4) is 5.75 Å². The summed E-state index contributed by atoms with van der Waals surface area (Å²) >= 11 is 0. The number of amides is 1. The number of benzene rings is 1. The number of fused-ring (bicyclic) bond motifs is 1. The first-order valence-electron chi connectivity index (χ1n) is 5.92. The highest BCUT2D eigenvalue weighted by molar-refractivity contribution is 5.75. The van der Waals surface area contributed by atoms with Gasteiger partial charge in [-0.15, -0.1) is 0 Å². The number of rotatable bonds is 4. The molecule has 4 heteroatoms. The molecule has 0 spiro atoms. The van der Waals surface area contributed by atoms with Gasteiger partial charge in [-0.1, -0.05) is 6.07 Å². The Morgan fingerprint density at radius 3 is 2.94 bits per heavy atom. The second-order valence-corrected chi connectivity index (χ2v) is 4.39. The summed E-state index contributed by atoms with van der Waals surface area (Å²) in [4.78, 5) is 11.2. The second-order valence-electron chi connectivity index (χ2n) is 4.39. The summed E-state index contributed by atoms with van der Waals surface area (Å²) in [5.74, 6) is 6.04. The van der Waals surface area contributed by atoms with E-state index < -0.39 is 0 Å². The molecular weight excluding hydrogens is 216 g/mol. The Morgan fingerprint density at radius 2 is 2.18 bits per heavy atom. The summed E-state index contributed by atoms with van der Waals surface area (Å²) in [5.41, 5.74) is 2.81. The molecule has 0 heterocycles. The molecule has 2 N–H and O–H groups in total. The van der Waals surface area contributed by atoms with Crippen molar-refractivity contribution in [1.29, 1.82) is 0 Å². The number of aryl methyl sites for hydroxylation is 2. The lowest BCUT2D eigenvalue weighted by molar-refractivity contribution is -0.130. The van der Waals surface area contributed by atoms with E-state index >= 15 is 0 Å². The molecule has 1 aliphatic rings. The van der Waals surface area contributed by atoms with Crippen molar-refractivity contribution < 1.29 is 9.53 Å². The van der Waals surface area contributed by atoms with Crippen LogP contribution in [-0.4, -0.2) is 24.6 Å². The summed E-state index contributed by atoms with van der Waals surface area (Å²) < 4.78 is 5.55. The van der Waals surface area contributed by atoms with Crippen molar-refractivity contribution in [1.82, 2.24) is 5.01 Å². The highest BCUT2D eigenvalue weighted by Crippen LogP contribution is 2.25. The quantitative estimate of drug-likeness (QED) is 0.485. The van der Waals surface area contributed by atoms with Gasteiger partial charge in [0.05, 0.1) is 13.0 Å². The third-order valence-corrected chi connectivity index (χ3v) is 3.05. The van der Waals surface area contributed by atoms with E-state index in [1.807, 2.05) is 6.07 Å². The Morgan fingerprint density at radius 1 is 1.41 bits per heavy atom. The minimum Gasteiger partial charge on any atom is -0.493 e. The third-order valence-electron chi connectivity index (χ3n) is 3.05. The molecule has 0 saturated carbocycles. The fourth-order valence-electron chi connectivity index (χ4n) is 2.07. The van der Waals surface area contributed by atoms with E-state index in [-0.39, 0.29) is 5.91 Å². The number of carbonyl (C=O) groups excluding carboxylic acids is 1. The predicted octanol–water partition coefficient (Wildman–Crippen LogP) is 1.28. The number of nitrogens with zero attached hydrogens (tertiary/aromatic N) is 1. The molecule has 0 atom stereocenters. The molecule has 92 valence electrons. The maximum atomic E-state index is 11.2. The van der Waals surface area contributed by atoms with E-state index in [1.165, 1.54) is 31.0 Å². The summed E-state index contributed by atoms with van der Waals surface area (Å²) in [6, 6.07) is 6.17. The number of hydrogen-bond acceptors (Lipinski definition) is 3. The van der Waals surface area contributed by atoms with Gasteiger partial charge in [0.2, 0.25) is 5.91 Å². The van der Waals surface area contributed by atoms with E-state index in [0.717, 1.165) is 17.2 Å². The SMILES string of the molecule is CN(N)C(=O)CCOc1ccc2c(c1)CCC2. The zero-order valence-electron chi connectivity index (χ0n) is 10.1. The molecule has 1 aromatic rings. The van der Waals surface area contributed by atoms with E-state index in [4.69, 9.17) is 10.6 Å². The van der Waals surface area contributed by atoms with Crippen LogP contribution in [0.2, 0.25) is 0 Å². The first-order chi connectivity index (χ1) is 8.16. The van der Waals surface area contributed by atoms with Gasteiger partial charge in [-0.3, -0.25) is 9.80 Å². The molecule has 17 heavy (non-hydrogen) atoms. The highest BCUT2D eigenvalue weighted by atomic mass is 16.5. The molecule has 2 rings (SSSR count). The van der Waals surface area contributed by atoms with Gasteiger partial charge in [-0.05, 0) is 42.5 Å². The summed E-state index contributed by atoms with van der Waals surface area (Å²) in [5, 5.41) is 1.09. The molecule has 1 amide bonds. The topological polar surface area (TPSA) is 55.6 Å². The molecule has 1 aromatic carbocycles. The van der Waals surface area contributed by atoms with Crippen LogP contribution < -0.4 is 10.6 Å². The van der Waals surface area contributed by atoms with Crippen LogP contribution in [-0.2, 0) is 17.6 Å². The van der Waals surface area contributed by atoms with Gasteiger partial charge in [-0.25, -0.2) is 5.84 Å². The molecule has 1 aliphatic carbocycles. The Kier molecular flexibility index (Phi) is 3.64. The zero-order valence-corrected chi connectivity index (χ0v) is 10.1. The number of ether oxygens (including phenoxy) is 1. The van der Waals surface area contributed by atoms with Gasteiger partial charge in [0.25, 0.3) is 0 Å². The Balaban J connectivity index is 1.85. The van der Waals surface area contributed by atoms with Crippen molar-refractivity contribution in [2.45, 2.75) is 25.7 Å². The van der Waals surface area contributed by atoms with E-state index in [9.17, 15) is 4.79 Å². The molecular formula is C13H18N2O2. The maximum absolute atomic E-state index is 11.2. The van der Waals surface area contributed by atoms with Crippen LogP contribution in [0.4, 0.5) is 0 Å². The maximum Gasteiger partial charge on any atom is 0.239 e. The monoisotopic (exact) mass is 234 g/mol. The van der Waals surface area contributed by atoms with Gasteiger partial charge < -0.3 is 4.74 Å². The smallest absolute Gasteiger partial charge is 0.239 e. The van der Waals surface area contributed by atoms with E-state index in [0.29, 0.717) is 13.0 Å². The van der Waals surface area contributed by atoms with Crippen molar-refractivity contribution >= 4 is 5.91 Å². The Labute approximate surface area is 101 Å². The molecule has 0 bridgehead atoms. The van der Waals surface area contributed by atoms with Crippen molar-refractivity contribution in [3.05, 3.63) is 29.3 Å². The molecule has 0 unspecified atom stereocenters. The lowest BCUT2D eigenvalue weighted by Gasteiger charge is -2.11. The lowest BCUT2D eigenvalue weighted by Crippen LogP contribution is -2.33. The average molecular weight is 234 g/mol.